The van der Waals surface area contributed by atoms with Crippen LogP contribution in [0.3, 0.4) is 0 Å². The summed E-state index contributed by atoms with van der Waals surface area (Å²) in [5, 5.41) is 0.993. The fraction of sp³-hybridized carbons (Fsp3) is 0.471. The van der Waals surface area contributed by atoms with Crippen molar-refractivity contribution in [1.82, 2.24) is 4.57 Å². The highest BCUT2D eigenvalue weighted by atomic mass is 16.5. The van der Waals surface area contributed by atoms with E-state index >= 15 is 0 Å². The first-order chi connectivity index (χ1) is 10.1. The van der Waals surface area contributed by atoms with Gasteiger partial charge in [-0.1, -0.05) is 0 Å². The first-order valence-corrected chi connectivity index (χ1v) is 7.38. The van der Waals surface area contributed by atoms with Gasteiger partial charge in [0.15, 0.2) is 0 Å². The second-order valence-corrected chi connectivity index (χ2v) is 5.73. The Balaban J connectivity index is 2.22. The maximum absolute atomic E-state index is 12.2. The molecule has 0 radical (unpaired) electrons. The highest BCUT2D eigenvalue weighted by molar-refractivity contribution is 5.87. The minimum atomic E-state index is 0.0497. The van der Waals surface area contributed by atoms with Gasteiger partial charge in [0.05, 0.1) is 12.6 Å². The molecule has 1 aromatic carbocycles. The van der Waals surface area contributed by atoms with E-state index in [1.54, 1.807) is 11.7 Å². The number of hydrogen-bond donors (Lipinski definition) is 0. The Hall–Kier alpha value is -1.81. The first-order valence-electron chi connectivity index (χ1n) is 7.38. The molecule has 4 heteroatoms. The zero-order valence-corrected chi connectivity index (χ0v) is 12.8. The second-order valence-electron chi connectivity index (χ2n) is 5.73. The van der Waals surface area contributed by atoms with Gasteiger partial charge < -0.3 is 14.0 Å². The van der Waals surface area contributed by atoms with Crippen LogP contribution in [0.5, 0.6) is 5.75 Å². The van der Waals surface area contributed by atoms with Crippen LogP contribution >= 0.6 is 0 Å². The minimum Gasteiger partial charge on any atom is -0.496 e. The summed E-state index contributed by atoms with van der Waals surface area (Å²) in [4.78, 5) is 12.2. The third kappa shape index (κ3) is 2.44. The molecule has 2 heterocycles. The predicted octanol–water partition coefficient (Wildman–Crippen LogP) is 2.75. The third-order valence-corrected chi connectivity index (χ3v) is 4.42. The van der Waals surface area contributed by atoms with Gasteiger partial charge >= 0.3 is 0 Å². The van der Waals surface area contributed by atoms with E-state index < -0.39 is 0 Å². The van der Waals surface area contributed by atoms with Crippen LogP contribution in [0.2, 0.25) is 0 Å². The SMILES string of the molecule is COc1cc(C2CCOCC2)cc2c1cc(C)c(=O)n2C. The Bertz CT molecular complexity index is 727. The Morgan fingerprint density at radius 1 is 1.24 bits per heavy atom. The van der Waals surface area contributed by atoms with Crippen molar-refractivity contribution < 1.29 is 9.47 Å². The molecule has 1 aliphatic heterocycles. The number of methoxy groups -OCH3 is 1. The fourth-order valence-electron chi connectivity index (χ4n) is 3.14. The molecular weight excluding hydrogens is 266 g/mol. The van der Waals surface area contributed by atoms with E-state index in [9.17, 15) is 4.79 Å². The van der Waals surface area contributed by atoms with E-state index in [-0.39, 0.29) is 5.56 Å². The lowest BCUT2D eigenvalue weighted by atomic mass is 9.90. The Kier molecular flexibility index (Phi) is 3.72. The lowest BCUT2D eigenvalue weighted by Crippen LogP contribution is -2.20. The van der Waals surface area contributed by atoms with Gasteiger partial charge in [0.25, 0.3) is 5.56 Å². The van der Waals surface area contributed by atoms with E-state index in [4.69, 9.17) is 9.47 Å². The number of aromatic nitrogens is 1. The molecule has 1 aliphatic rings. The van der Waals surface area contributed by atoms with Gasteiger partial charge in [-0.25, -0.2) is 0 Å². The van der Waals surface area contributed by atoms with E-state index in [0.29, 0.717) is 5.92 Å². The number of nitrogens with zero attached hydrogens (tertiary/aromatic N) is 1. The second kappa shape index (κ2) is 5.53. The third-order valence-electron chi connectivity index (χ3n) is 4.42. The molecule has 0 aliphatic carbocycles. The van der Waals surface area contributed by atoms with E-state index in [0.717, 1.165) is 48.3 Å². The molecule has 2 aromatic rings. The van der Waals surface area contributed by atoms with Crippen LogP contribution in [-0.4, -0.2) is 24.9 Å². The average molecular weight is 287 g/mol. The number of ether oxygens (including phenoxy) is 2. The number of fused-ring (bicyclic) bond motifs is 1. The molecule has 0 amide bonds. The van der Waals surface area contributed by atoms with Gasteiger partial charge in [-0.3, -0.25) is 4.79 Å². The van der Waals surface area contributed by atoms with Gasteiger partial charge in [-0.15, -0.1) is 0 Å². The average Bonchev–Trinajstić information content (AvgIpc) is 2.53. The monoisotopic (exact) mass is 287 g/mol. The van der Waals surface area contributed by atoms with E-state index in [1.165, 1.54) is 5.56 Å². The van der Waals surface area contributed by atoms with Crippen LogP contribution in [0, 0.1) is 6.92 Å². The number of pyridine rings is 1. The quantitative estimate of drug-likeness (QED) is 0.852. The summed E-state index contributed by atoms with van der Waals surface area (Å²) >= 11 is 0. The van der Waals surface area contributed by atoms with Crippen LogP contribution < -0.4 is 10.3 Å². The zero-order valence-electron chi connectivity index (χ0n) is 12.8. The summed E-state index contributed by atoms with van der Waals surface area (Å²) in [7, 11) is 3.51. The minimum absolute atomic E-state index is 0.0497. The van der Waals surface area contributed by atoms with Crippen molar-refractivity contribution in [3.8, 4) is 5.75 Å². The van der Waals surface area contributed by atoms with Crippen LogP contribution in [0.25, 0.3) is 10.9 Å². The molecule has 112 valence electrons. The largest absolute Gasteiger partial charge is 0.496 e. The predicted molar refractivity (Wildman–Crippen MR) is 83.3 cm³/mol. The topological polar surface area (TPSA) is 40.5 Å². The fourth-order valence-corrected chi connectivity index (χ4v) is 3.14. The maximum Gasteiger partial charge on any atom is 0.253 e. The number of benzene rings is 1. The van der Waals surface area contributed by atoms with Gasteiger partial charge in [-0.2, -0.15) is 0 Å². The first kappa shape index (κ1) is 14.1. The molecule has 21 heavy (non-hydrogen) atoms. The number of rotatable bonds is 2. The van der Waals surface area contributed by atoms with Crippen molar-refractivity contribution in [2.75, 3.05) is 20.3 Å². The molecule has 1 fully saturated rings. The standard InChI is InChI=1S/C17H21NO3/c1-11-8-14-15(18(2)17(11)19)9-13(10-16(14)20-3)12-4-6-21-7-5-12/h8-10,12H,4-7H2,1-3H3. The highest BCUT2D eigenvalue weighted by Crippen LogP contribution is 2.34. The molecule has 0 atom stereocenters. The molecule has 3 rings (SSSR count). The molecule has 0 bridgehead atoms. The van der Waals surface area contributed by atoms with Gasteiger partial charge in [0.2, 0.25) is 0 Å². The molecule has 0 unspecified atom stereocenters. The molecule has 4 nitrogen and oxygen atoms in total. The van der Waals surface area contributed by atoms with Crippen molar-refractivity contribution in [3.05, 3.63) is 39.7 Å². The summed E-state index contributed by atoms with van der Waals surface area (Å²) in [5.41, 5.74) is 2.96. The smallest absolute Gasteiger partial charge is 0.253 e. The van der Waals surface area contributed by atoms with Crippen molar-refractivity contribution in [2.45, 2.75) is 25.7 Å². The molecular formula is C17H21NO3. The van der Waals surface area contributed by atoms with E-state index in [1.807, 2.05) is 20.0 Å². The molecule has 0 N–H and O–H groups in total. The molecule has 1 aromatic heterocycles. The van der Waals surface area contributed by atoms with Crippen LogP contribution in [0.4, 0.5) is 0 Å². The maximum atomic E-state index is 12.2. The van der Waals surface area contributed by atoms with E-state index in [2.05, 4.69) is 12.1 Å². The lowest BCUT2D eigenvalue weighted by Gasteiger charge is -2.23. The van der Waals surface area contributed by atoms with Crippen LogP contribution in [0.15, 0.2) is 23.0 Å². The number of hydrogen-bond acceptors (Lipinski definition) is 3. The summed E-state index contributed by atoms with van der Waals surface area (Å²) in [6.07, 6.45) is 2.04. The zero-order chi connectivity index (χ0) is 15.0. The Morgan fingerprint density at radius 2 is 1.95 bits per heavy atom. The summed E-state index contributed by atoms with van der Waals surface area (Å²) < 4.78 is 12.7. The Morgan fingerprint density at radius 3 is 2.62 bits per heavy atom. The van der Waals surface area contributed by atoms with Crippen molar-refractivity contribution in [3.63, 3.8) is 0 Å². The lowest BCUT2D eigenvalue weighted by molar-refractivity contribution is 0.0853. The highest BCUT2D eigenvalue weighted by Gasteiger charge is 2.19. The summed E-state index contributed by atoms with van der Waals surface area (Å²) in [5.74, 6) is 1.32. The van der Waals surface area contributed by atoms with Gasteiger partial charge in [-0.05, 0) is 49.4 Å². The molecule has 0 spiro atoms. The van der Waals surface area contributed by atoms with Gasteiger partial charge in [0, 0.05) is 31.2 Å². The van der Waals surface area contributed by atoms with Crippen LogP contribution in [-0.2, 0) is 11.8 Å². The Labute approximate surface area is 124 Å². The number of aryl methyl sites for hydroxylation is 2. The summed E-state index contributed by atoms with van der Waals surface area (Å²) in [6.45, 7) is 3.45. The van der Waals surface area contributed by atoms with Crippen molar-refractivity contribution in [2.24, 2.45) is 7.05 Å². The van der Waals surface area contributed by atoms with Gasteiger partial charge in [0.1, 0.15) is 5.75 Å². The van der Waals surface area contributed by atoms with Crippen molar-refractivity contribution >= 4 is 10.9 Å². The van der Waals surface area contributed by atoms with Crippen molar-refractivity contribution in [1.29, 1.82) is 0 Å². The molecule has 0 saturated carbocycles. The summed E-state index contributed by atoms with van der Waals surface area (Å²) in [6, 6.07) is 6.17. The normalized spacial score (nSPS) is 16.3. The molecule has 1 saturated heterocycles. The van der Waals surface area contributed by atoms with Crippen LogP contribution in [0.1, 0.15) is 29.9 Å².